The Bertz CT molecular complexity index is 397. The number of nitrogens with one attached hydrogen (secondary N) is 1. The van der Waals surface area contributed by atoms with E-state index in [0.29, 0.717) is 5.69 Å². The average Bonchev–Trinajstić information content (AvgIpc) is 2.29. The second-order valence-corrected chi connectivity index (χ2v) is 3.78. The maximum atomic E-state index is 11.1. The van der Waals surface area contributed by atoms with E-state index >= 15 is 0 Å². The van der Waals surface area contributed by atoms with Gasteiger partial charge >= 0.3 is 5.97 Å². The highest BCUT2D eigenvalue weighted by Crippen LogP contribution is 2.15. The van der Waals surface area contributed by atoms with E-state index in [-0.39, 0.29) is 11.7 Å². The van der Waals surface area contributed by atoms with Gasteiger partial charge in [-0.2, -0.15) is 12.6 Å². The number of para-hydroxylation sites is 1. The lowest BCUT2D eigenvalue weighted by atomic mass is 10.2. The van der Waals surface area contributed by atoms with Gasteiger partial charge in [-0.05, 0) is 12.1 Å². The van der Waals surface area contributed by atoms with Crippen molar-refractivity contribution in [1.29, 1.82) is 0 Å². The van der Waals surface area contributed by atoms with Gasteiger partial charge in [-0.3, -0.25) is 15.2 Å². The minimum Gasteiger partial charge on any atom is -0.480 e. The number of carbonyl (C=O) groups excluding carboxylic acids is 1. The van der Waals surface area contributed by atoms with Gasteiger partial charge in [0.05, 0.1) is 5.69 Å². The molecule has 0 unspecified atom stereocenters. The number of aliphatic carboxylic acids is 1. The molecule has 1 aromatic rings. The smallest absolute Gasteiger partial charge is 0.329 e. The molecular weight excluding hydrogens is 240 g/mol. The number of anilines is 1. The van der Waals surface area contributed by atoms with Crippen molar-refractivity contribution < 1.29 is 14.7 Å². The standard InChI is InChI=1S/C11H14N2O3S/c1-8(14)12-13(10(7-17)11(15)16)9-5-3-2-4-6-9/h2-6,10,17H,7H2,1H3,(H,12,14)(H,15,16)/t10-/m0/s1. The molecule has 5 nitrogen and oxygen atoms in total. The van der Waals surface area contributed by atoms with Crippen molar-refractivity contribution in [3.63, 3.8) is 0 Å². The van der Waals surface area contributed by atoms with Crippen LogP contribution in [0.3, 0.4) is 0 Å². The van der Waals surface area contributed by atoms with E-state index < -0.39 is 12.0 Å². The zero-order valence-corrected chi connectivity index (χ0v) is 10.2. The van der Waals surface area contributed by atoms with Crippen molar-refractivity contribution in [2.24, 2.45) is 0 Å². The summed E-state index contributed by atoms with van der Waals surface area (Å²) < 4.78 is 0. The zero-order valence-electron chi connectivity index (χ0n) is 9.33. The highest BCUT2D eigenvalue weighted by molar-refractivity contribution is 7.80. The predicted molar refractivity (Wildman–Crippen MR) is 68.0 cm³/mol. The largest absolute Gasteiger partial charge is 0.480 e. The van der Waals surface area contributed by atoms with Crippen LogP contribution >= 0.6 is 12.6 Å². The van der Waals surface area contributed by atoms with Crippen molar-refractivity contribution in [1.82, 2.24) is 5.43 Å². The number of hydrogen-bond donors (Lipinski definition) is 3. The SMILES string of the molecule is CC(=O)NN(c1ccccc1)[C@@H](CS)C(=O)O. The molecular formula is C11H14N2O3S. The van der Waals surface area contributed by atoms with Gasteiger partial charge in [-0.15, -0.1) is 0 Å². The summed E-state index contributed by atoms with van der Waals surface area (Å²) >= 11 is 3.99. The summed E-state index contributed by atoms with van der Waals surface area (Å²) in [5.74, 6) is -1.29. The van der Waals surface area contributed by atoms with Crippen molar-refractivity contribution in [2.75, 3.05) is 10.8 Å². The van der Waals surface area contributed by atoms with Gasteiger partial charge < -0.3 is 5.11 Å². The summed E-state index contributed by atoms with van der Waals surface area (Å²) in [6.45, 7) is 1.33. The first-order valence-electron chi connectivity index (χ1n) is 5.01. The minimum atomic E-state index is -1.04. The number of carboxylic acid groups (broad SMARTS) is 1. The van der Waals surface area contributed by atoms with Gasteiger partial charge in [0, 0.05) is 12.7 Å². The van der Waals surface area contributed by atoms with Crippen LogP contribution in [0.2, 0.25) is 0 Å². The van der Waals surface area contributed by atoms with E-state index in [2.05, 4.69) is 18.1 Å². The molecule has 0 saturated heterocycles. The average molecular weight is 254 g/mol. The van der Waals surface area contributed by atoms with E-state index in [4.69, 9.17) is 5.11 Å². The van der Waals surface area contributed by atoms with Crippen LogP contribution < -0.4 is 10.4 Å². The van der Waals surface area contributed by atoms with Crippen LogP contribution in [-0.2, 0) is 9.59 Å². The number of carbonyl (C=O) groups is 2. The second kappa shape index (κ2) is 6.15. The molecule has 0 aliphatic carbocycles. The van der Waals surface area contributed by atoms with E-state index in [0.717, 1.165) is 0 Å². The minimum absolute atomic E-state index is 0.0878. The van der Waals surface area contributed by atoms with Crippen molar-refractivity contribution in [3.05, 3.63) is 30.3 Å². The Kier molecular flexibility index (Phi) is 4.84. The van der Waals surface area contributed by atoms with Crippen LogP contribution in [0.4, 0.5) is 5.69 Å². The molecule has 1 aromatic carbocycles. The topological polar surface area (TPSA) is 69.6 Å². The number of benzene rings is 1. The molecule has 0 aromatic heterocycles. The molecule has 0 saturated carbocycles. The second-order valence-electron chi connectivity index (χ2n) is 3.41. The molecule has 6 heteroatoms. The van der Waals surface area contributed by atoms with Crippen molar-refractivity contribution in [3.8, 4) is 0 Å². The van der Waals surface area contributed by atoms with E-state index in [1.807, 2.05) is 6.07 Å². The zero-order chi connectivity index (χ0) is 12.8. The molecule has 0 heterocycles. The van der Waals surface area contributed by atoms with Crippen molar-refractivity contribution in [2.45, 2.75) is 13.0 Å². The summed E-state index contributed by atoms with van der Waals surface area (Å²) in [5.41, 5.74) is 3.09. The summed E-state index contributed by atoms with van der Waals surface area (Å²) in [4.78, 5) is 22.2. The van der Waals surface area contributed by atoms with E-state index in [1.165, 1.54) is 11.9 Å². The molecule has 92 valence electrons. The number of carboxylic acids is 1. The molecule has 0 spiro atoms. The Labute approximate surface area is 105 Å². The normalized spacial score (nSPS) is 11.6. The number of rotatable bonds is 5. The van der Waals surface area contributed by atoms with E-state index in [9.17, 15) is 9.59 Å². The van der Waals surface area contributed by atoms with E-state index in [1.54, 1.807) is 24.3 Å². The molecule has 1 atom stereocenters. The maximum Gasteiger partial charge on any atom is 0.329 e. The number of hydrazine groups is 1. The first-order valence-corrected chi connectivity index (χ1v) is 5.64. The third-order valence-corrected chi connectivity index (χ3v) is 2.43. The lowest BCUT2D eigenvalue weighted by Gasteiger charge is -2.29. The van der Waals surface area contributed by atoms with Crippen LogP contribution in [-0.4, -0.2) is 28.8 Å². The summed E-state index contributed by atoms with van der Waals surface area (Å²) in [6, 6.07) is 7.87. The fraction of sp³-hybridized carbons (Fsp3) is 0.273. The Morgan fingerprint density at radius 3 is 2.41 bits per heavy atom. The molecule has 2 N–H and O–H groups in total. The highest BCUT2D eigenvalue weighted by Gasteiger charge is 2.25. The summed E-state index contributed by atoms with van der Waals surface area (Å²) in [7, 11) is 0. The van der Waals surface area contributed by atoms with Crippen LogP contribution in [0.5, 0.6) is 0 Å². The number of thiol groups is 1. The first kappa shape index (κ1) is 13.4. The number of amides is 1. The predicted octanol–water partition coefficient (Wildman–Crippen LogP) is 0.927. The fourth-order valence-electron chi connectivity index (χ4n) is 1.35. The van der Waals surface area contributed by atoms with Gasteiger partial charge in [0.15, 0.2) is 6.04 Å². The summed E-state index contributed by atoms with van der Waals surface area (Å²) in [5, 5.41) is 10.4. The van der Waals surface area contributed by atoms with Gasteiger partial charge in [-0.1, -0.05) is 18.2 Å². The molecule has 0 bridgehead atoms. The lowest BCUT2D eigenvalue weighted by Crippen LogP contribution is -2.52. The Balaban J connectivity index is 3.02. The molecule has 17 heavy (non-hydrogen) atoms. The quantitative estimate of drug-likeness (QED) is 0.540. The van der Waals surface area contributed by atoms with Gasteiger partial charge in [0.25, 0.3) is 0 Å². The van der Waals surface area contributed by atoms with Crippen LogP contribution in [0, 0.1) is 0 Å². The van der Waals surface area contributed by atoms with Crippen LogP contribution in [0.15, 0.2) is 30.3 Å². The Morgan fingerprint density at radius 1 is 1.41 bits per heavy atom. The molecule has 1 rings (SSSR count). The Hall–Kier alpha value is -1.69. The maximum absolute atomic E-state index is 11.1. The van der Waals surface area contributed by atoms with Crippen molar-refractivity contribution >= 4 is 30.2 Å². The van der Waals surface area contributed by atoms with Gasteiger partial charge in [-0.25, -0.2) is 4.79 Å². The van der Waals surface area contributed by atoms with Crippen LogP contribution in [0.1, 0.15) is 6.92 Å². The fourth-order valence-corrected chi connectivity index (χ4v) is 1.67. The highest BCUT2D eigenvalue weighted by atomic mass is 32.1. The molecule has 0 radical (unpaired) electrons. The summed E-state index contributed by atoms with van der Waals surface area (Å²) in [6.07, 6.45) is 0. The number of nitrogens with zero attached hydrogens (tertiary/aromatic N) is 1. The van der Waals surface area contributed by atoms with Gasteiger partial charge in [0.2, 0.25) is 5.91 Å². The third kappa shape index (κ3) is 3.67. The monoisotopic (exact) mass is 254 g/mol. The molecule has 1 amide bonds. The van der Waals surface area contributed by atoms with Crippen LogP contribution in [0.25, 0.3) is 0 Å². The lowest BCUT2D eigenvalue weighted by molar-refractivity contribution is -0.138. The number of hydrogen-bond acceptors (Lipinski definition) is 4. The Morgan fingerprint density at radius 2 is 2.00 bits per heavy atom. The van der Waals surface area contributed by atoms with Gasteiger partial charge in [0.1, 0.15) is 0 Å². The molecule has 0 fully saturated rings. The third-order valence-electron chi connectivity index (χ3n) is 2.08. The molecule has 0 aliphatic rings. The first-order chi connectivity index (χ1) is 8.06. The molecule has 0 aliphatic heterocycles.